The van der Waals surface area contributed by atoms with Crippen LogP contribution in [0.15, 0.2) is 11.0 Å². The van der Waals surface area contributed by atoms with Gasteiger partial charge in [-0.3, -0.25) is 4.57 Å². The smallest absolute Gasteiger partial charge is 0.351 e. The maximum Gasteiger partial charge on any atom is 0.351 e. The Balaban J connectivity index is 2.05. The van der Waals surface area contributed by atoms with E-state index in [2.05, 4.69) is 18.8 Å². The van der Waals surface area contributed by atoms with Crippen molar-refractivity contribution in [1.29, 1.82) is 0 Å². The Kier molecular flexibility index (Phi) is 3.53. The molecule has 1 unspecified atom stereocenters. The van der Waals surface area contributed by atoms with Gasteiger partial charge in [-0.2, -0.15) is 4.98 Å². The van der Waals surface area contributed by atoms with E-state index in [-0.39, 0.29) is 23.2 Å². The minimum absolute atomic E-state index is 0.0915. The highest BCUT2D eigenvalue weighted by Crippen LogP contribution is 2.51. The minimum atomic E-state index is -0.406. The molecule has 2 aliphatic heterocycles. The Bertz CT molecular complexity index is 600. The molecule has 1 aromatic heterocycles. The zero-order valence-corrected chi connectivity index (χ0v) is 12.8. The van der Waals surface area contributed by atoms with Gasteiger partial charge < -0.3 is 15.2 Å². The molecule has 2 aliphatic rings. The lowest BCUT2D eigenvalue weighted by Crippen LogP contribution is -2.43. The van der Waals surface area contributed by atoms with Gasteiger partial charge in [0.2, 0.25) is 0 Å². The second-order valence-corrected chi connectivity index (χ2v) is 6.03. The molecule has 3 rings (SSSR count). The van der Waals surface area contributed by atoms with Crippen LogP contribution in [0.4, 0.5) is 5.82 Å². The zero-order chi connectivity index (χ0) is 15.2. The topological polar surface area (TPSA) is 79.4 Å². The van der Waals surface area contributed by atoms with Crippen LogP contribution in [0.25, 0.3) is 0 Å². The normalized spacial score (nSPS) is 35.1. The molecule has 0 saturated carbocycles. The second kappa shape index (κ2) is 5.10. The van der Waals surface area contributed by atoms with Crippen LogP contribution in [0, 0.1) is 12.8 Å². The molecule has 0 amide bonds. The summed E-state index contributed by atoms with van der Waals surface area (Å²) in [4.78, 5) is 16.1. The maximum absolute atomic E-state index is 12.2. The molecule has 2 saturated heterocycles. The Labute approximate surface area is 124 Å². The van der Waals surface area contributed by atoms with Gasteiger partial charge in [-0.15, -0.1) is 0 Å². The van der Waals surface area contributed by atoms with Crippen molar-refractivity contribution < 1.29 is 9.47 Å². The molecule has 6 heteroatoms. The number of fused-ring (bicyclic) bond motifs is 2. The van der Waals surface area contributed by atoms with E-state index in [1.54, 1.807) is 10.8 Å². The lowest BCUT2D eigenvalue weighted by molar-refractivity contribution is -0.0918. The number of ether oxygens (including phenoxy) is 2. The summed E-state index contributed by atoms with van der Waals surface area (Å²) in [5.41, 5.74) is 5.92. The molecule has 21 heavy (non-hydrogen) atoms. The van der Waals surface area contributed by atoms with Crippen molar-refractivity contribution in [3.05, 3.63) is 22.2 Å². The number of aromatic nitrogens is 2. The summed E-state index contributed by atoms with van der Waals surface area (Å²) >= 11 is 0. The molecule has 1 aromatic rings. The van der Waals surface area contributed by atoms with E-state index in [4.69, 9.17) is 15.2 Å². The van der Waals surface area contributed by atoms with Crippen molar-refractivity contribution in [1.82, 2.24) is 9.55 Å². The van der Waals surface area contributed by atoms with Crippen LogP contribution >= 0.6 is 0 Å². The molecule has 3 heterocycles. The van der Waals surface area contributed by atoms with Crippen LogP contribution in [0.3, 0.4) is 0 Å². The largest absolute Gasteiger partial charge is 0.383 e. The molecule has 2 fully saturated rings. The van der Waals surface area contributed by atoms with Crippen LogP contribution < -0.4 is 11.4 Å². The summed E-state index contributed by atoms with van der Waals surface area (Å²) in [5, 5.41) is 0. The van der Waals surface area contributed by atoms with Crippen molar-refractivity contribution in [2.24, 2.45) is 5.92 Å². The number of anilines is 1. The van der Waals surface area contributed by atoms with Crippen molar-refractivity contribution in [2.45, 2.75) is 58.0 Å². The quantitative estimate of drug-likeness (QED) is 0.916. The Morgan fingerprint density at radius 3 is 2.90 bits per heavy atom. The number of nitrogen functional groups attached to an aromatic ring is 1. The van der Waals surface area contributed by atoms with Crippen molar-refractivity contribution in [3.8, 4) is 0 Å². The van der Waals surface area contributed by atoms with Gasteiger partial charge in [0.1, 0.15) is 11.9 Å². The first-order chi connectivity index (χ1) is 10.0. The molecule has 0 aliphatic carbocycles. The lowest BCUT2D eigenvalue weighted by atomic mass is 9.78. The van der Waals surface area contributed by atoms with E-state index in [1.807, 2.05) is 6.92 Å². The van der Waals surface area contributed by atoms with Crippen molar-refractivity contribution >= 4 is 5.82 Å². The fourth-order valence-corrected chi connectivity index (χ4v) is 3.81. The van der Waals surface area contributed by atoms with Crippen LogP contribution in [-0.4, -0.2) is 27.9 Å². The van der Waals surface area contributed by atoms with Gasteiger partial charge in [-0.1, -0.05) is 13.8 Å². The summed E-state index contributed by atoms with van der Waals surface area (Å²) in [6, 6.07) is 0. The first kappa shape index (κ1) is 14.5. The monoisotopic (exact) mass is 293 g/mol. The maximum atomic E-state index is 12.2. The first-order valence-corrected chi connectivity index (χ1v) is 7.67. The Hall–Kier alpha value is -1.40. The fraction of sp³-hybridized carbons (Fsp3) is 0.733. The summed E-state index contributed by atoms with van der Waals surface area (Å²) < 4.78 is 13.8. The molecule has 4 atom stereocenters. The summed E-state index contributed by atoms with van der Waals surface area (Å²) in [5.74, 6) is 0.585. The minimum Gasteiger partial charge on any atom is -0.383 e. The Morgan fingerprint density at radius 2 is 2.29 bits per heavy atom. The third kappa shape index (κ3) is 2.08. The van der Waals surface area contributed by atoms with Crippen LogP contribution in [0.5, 0.6) is 0 Å². The van der Waals surface area contributed by atoms with Gasteiger partial charge >= 0.3 is 5.69 Å². The number of nitrogens with zero attached hydrogens (tertiary/aromatic N) is 2. The second-order valence-electron chi connectivity index (χ2n) is 6.03. The van der Waals surface area contributed by atoms with Gasteiger partial charge in [0.15, 0.2) is 6.23 Å². The fourth-order valence-electron chi connectivity index (χ4n) is 3.81. The molecular formula is C15H23N3O3. The van der Waals surface area contributed by atoms with Crippen molar-refractivity contribution in [3.63, 3.8) is 0 Å². The first-order valence-electron chi connectivity index (χ1n) is 7.67. The van der Waals surface area contributed by atoms with Gasteiger partial charge in [-0.05, 0) is 19.8 Å². The molecule has 0 aromatic carbocycles. The molecule has 116 valence electrons. The standard InChI is InChI=1S/C15H23N3O3/c1-4-10-11-13(21-15(10,5-2)6-7-20-11)18-8-9(3)12(16)17-14(18)19/h8,10-11,13H,4-7H2,1-3H3,(H2,16,17,19)/t10-,11?,13-,15+/m1/s1. The number of nitrogens with two attached hydrogens (primary N) is 1. The van der Waals surface area contributed by atoms with E-state index in [0.717, 1.165) is 24.8 Å². The summed E-state index contributed by atoms with van der Waals surface area (Å²) in [6.07, 6.45) is 4.02. The van der Waals surface area contributed by atoms with Gasteiger partial charge in [0.25, 0.3) is 0 Å². The van der Waals surface area contributed by atoms with Crippen LogP contribution in [-0.2, 0) is 9.47 Å². The average Bonchev–Trinajstić information content (AvgIpc) is 2.65. The van der Waals surface area contributed by atoms with E-state index < -0.39 is 6.23 Å². The summed E-state index contributed by atoms with van der Waals surface area (Å²) in [6.45, 7) is 6.81. The van der Waals surface area contributed by atoms with Crippen LogP contribution in [0.2, 0.25) is 0 Å². The van der Waals surface area contributed by atoms with Crippen LogP contribution in [0.1, 0.15) is 44.9 Å². The van der Waals surface area contributed by atoms with Gasteiger partial charge in [-0.25, -0.2) is 4.79 Å². The molecular weight excluding hydrogens is 270 g/mol. The average molecular weight is 293 g/mol. The predicted molar refractivity (Wildman–Crippen MR) is 78.9 cm³/mol. The molecule has 2 bridgehead atoms. The third-order valence-corrected chi connectivity index (χ3v) is 5.03. The van der Waals surface area contributed by atoms with Gasteiger partial charge in [0, 0.05) is 30.7 Å². The molecule has 6 nitrogen and oxygen atoms in total. The van der Waals surface area contributed by atoms with E-state index in [1.165, 1.54) is 0 Å². The lowest BCUT2D eigenvalue weighted by Gasteiger charge is -2.37. The summed E-state index contributed by atoms with van der Waals surface area (Å²) in [7, 11) is 0. The number of hydrogen-bond acceptors (Lipinski definition) is 5. The highest BCUT2D eigenvalue weighted by atomic mass is 16.6. The van der Waals surface area contributed by atoms with E-state index >= 15 is 0 Å². The number of aryl methyl sites for hydroxylation is 1. The molecule has 0 spiro atoms. The SMILES string of the molecule is CC[C@@H]1C2OCC[C@]1(CC)O[C@H]2n1cc(C)c(N)nc1=O. The Morgan fingerprint density at radius 1 is 1.52 bits per heavy atom. The van der Waals surface area contributed by atoms with Gasteiger partial charge in [0.05, 0.1) is 5.60 Å². The number of hydrogen-bond donors (Lipinski definition) is 1. The predicted octanol–water partition coefficient (Wildman–Crippen LogP) is 1.63. The third-order valence-electron chi connectivity index (χ3n) is 5.03. The molecule has 2 N–H and O–H groups in total. The highest BCUT2D eigenvalue weighted by Gasteiger charge is 2.56. The van der Waals surface area contributed by atoms with E-state index in [9.17, 15) is 4.79 Å². The zero-order valence-electron chi connectivity index (χ0n) is 12.8. The van der Waals surface area contributed by atoms with E-state index in [0.29, 0.717) is 12.5 Å². The number of rotatable bonds is 3. The molecule has 0 radical (unpaired) electrons. The van der Waals surface area contributed by atoms with Crippen molar-refractivity contribution in [2.75, 3.05) is 12.3 Å². The highest BCUT2D eigenvalue weighted by molar-refractivity contribution is 5.35.